The average Bonchev–Trinajstić information content (AvgIpc) is 2.81. The van der Waals surface area contributed by atoms with Crippen molar-refractivity contribution in [3.8, 4) is 5.75 Å². The predicted molar refractivity (Wildman–Crippen MR) is 86.6 cm³/mol. The van der Waals surface area contributed by atoms with E-state index in [9.17, 15) is 5.11 Å². The Balaban J connectivity index is 1.85. The molecular weight excluding hydrogens is 278 g/mol. The molecule has 0 aliphatic rings. The zero-order valence-corrected chi connectivity index (χ0v) is 12.4. The summed E-state index contributed by atoms with van der Waals surface area (Å²) in [7, 11) is 0. The average molecular weight is 297 g/mol. The van der Waals surface area contributed by atoms with Gasteiger partial charge in [0, 0.05) is 11.5 Å². The first-order valence-corrected chi connectivity index (χ1v) is 7.24. The van der Waals surface area contributed by atoms with Crippen molar-refractivity contribution in [2.24, 2.45) is 0 Å². The number of anilines is 1. The Morgan fingerprint density at radius 3 is 2.73 bits per heavy atom. The number of aliphatic hydroxyl groups excluding tert-OH is 1. The summed E-state index contributed by atoms with van der Waals surface area (Å²) < 4.78 is 7.54. The molecule has 0 radical (unpaired) electrons. The molecule has 2 aromatic carbocycles. The number of aromatic nitrogens is 2. The van der Waals surface area contributed by atoms with E-state index in [4.69, 9.17) is 10.5 Å². The highest BCUT2D eigenvalue weighted by Crippen LogP contribution is 2.26. The number of nitrogens with two attached hydrogens (primary N) is 1. The molecular formula is C17H19N3O2. The normalized spacial score (nSPS) is 12.5. The summed E-state index contributed by atoms with van der Waals surface area (Å²) in [5.41, 5.74) is 7.89. The lowest BCUT2D eigenvalue weighted by molar-refractivity contribution is 0.170. The Morgan fingerprint density at radius 2 is 2.00 bits per heavy atom. The van der Waals surface area contributed by atoms with Gasteiger partial charge in [-0.3, -0.25) is 4.68 Å². The molecule has 0 saturated heterocycles. The molecule has 0 amide bonds. The third-order valence-corrected chi connectivity index (χ3v) is 3.44. The van der Waals surface area contributed by atoms with Gasteiger partial charge in [0.2, 0.25) is 0 Å². The Morgan fingerprint density at radius 1 is 1.23 bits per heavy atom. The van der Waals surface area contributed by atoms with Crippen LogP contribution < -0.4 is 10.5 Å². The van der Waals surface area contributed by atoms with Crippen molar-refractivity contribution in [3.63, 3.8) is 0 Å². The van der Waals surface area contributed by atoms with Crippen molar-refractivity contribution < 1.29 is 9.84 Å². The Labute approximate surface area is 128 Å². The minimum atomic E-state index is -0.489. The largest absolute Gasteiger partial charge is 0.489 e. The first-order valence-electron chi connectivity index (χ1n) is 7.24. The number of nitrogen functional groups attached to an aromatic ring is 1. The van der Waals surface area contributed by atoms with Crippen LogP contribution in [0.4, 0.5) is 5.82 Å². The van der Waals surface area contributed by atoms with E-state index in [0.717, 1.165) is 22.2 Å². The van der Waals surface area contributed by atoms with Gasteiger partial charge in [-0.2, -0.15) is 5.10 Å². The van der Waals surface area contributed by atoms with Gasteiger partial charge >= 0.3 is 0 Å². The lowest BCUT2D eigenvalue weighted by Crippen LogP contribution is -2.13. The summed E-state index contributed by atoms with van der Waals surface area (Å²) in [6.45, 7) is 2.63. The molecule has 22 heavy (non-hydrogen) atoms. The van der Waals surface area contributed by atoms with Crippen molar-refractivity contribution in [1.29, 1.82) is 0 Å². The second-order valence-electron chi connectivity index (χ2n) is 5.37. The maximum Gasteiger partial charge on any atom is 0.153 e. The fourth-order valence-corrected chi connectivity index (χ4v) is 2.40. The number of benzene rings is 2. The van der Waals surface area contributed by atoms with E-state index in [-0.39, 0.29) is 0 Å². The number of fused-ring (bicyclic) bond motifs is 1. The van der Waals surface area contributed by atoms with Crippen LogP contribution in [-0.2, 0) is 13.2 Å². The monoisotopic (exact) mass is 297 g/mol. The highest BCUT2D eigenvalue weighted by atomic mass is 16.5. The van der Waals surface area contributed by atoms with E-state index in [1.54, 1.807) is 11.6 Å². The SMILES string of the molecule is C[C@@H](O)Cn1nc(N)c2ccc(OCc3ccccc3)cc21. The number of ether oxygens (including phenoxy) is 1. The van der Waals surface area contributed by atoms with Gasteiger partial charge < -0.3 is 15.6 Å². The summed E-state index contributed by atoms with van der Waals surface area (Å²) >= 11 is 0. The molecule has 114 valence electrons. The lowest BCUT2D eigenvalue weighted by atomic mass is 10.2. The van der Waals surface area contributed by atoms with Crippen LogP contribution in [0.2, 0.25) is 0 Å². The van der Waals surface area contributed by atoms with Crippen LogP contribution in [0.5, 0.6) is 5.75 Å². The number of nitrogens with zero attached hydrogens (tertiary/aromatic N) is 2. The molecule has 1 atom stereocenters. The minimum absolute atomic E-state index is 0.399. The van der Waals surface area contributed by atoms with Gasteiger partial charge in [-0.25, -0.2) is 0 Å². The molecule has 0 fully saturated rings. The molecule has 0 aliphatic carbocycles. The van der Waals surface area contributed by atoms with Crippen molar-refractivity contribution in [1.82, 2.24) is 9.78 Å². The molecule has 0 aliphatic heterocycles. The van der Waals surface area contributed by atoms with Crippen LogP contribution >= 0.6 is 0 Å². The topological polar surface area (TPSA) is 73.3 Å². The van der Waals surface area contributed by atoms with Crippen molar-refractivity contribution in [3.05, 3.63) is 54.1 Å². The first-order chi connectivity index (χ1) is 10.6. The summed E-state index contributed by atoms with van der Waals surface area (Å²) in [6.07, 6.45) is -0.489. The van der Waals surface area contributed by atoms with Gasteiger partial charge in [0.15, 0.2) is 5.82 Å². The molecule has 0 saturated carbocycles. The maximum atomic E-state index is 9.56. The van der Waals surface area contributed by atoms with Gasteiger partial charge in [0.25, 0.3) is 0 Å². The fraction of sp³-hybridized carbons (Fsp3) is 0.235. The highest BCUT2D eigenvalue weighted by Gasteiger charge is 2.11. The van der Waals surface area contributed by atoms with E-state index < -0.39 is 6.10 Å². The summed E-state index contributed by atoms with van der Waals surface area (Å²) in [4.78, 5) is 0. The number of hydrogen-bond acceptors (Lipinski definition) is 4. The second-order valence-corrected chi connectivity index (χ2v) is 5.37. The molecule has 1 aromatic heterocycles. The molecule has 3 N–H and O–H groups in total. The molecule has 0 spiro atoms. The lowest BCUT2D eigenvalue weighted by Gasteiger charge is -2.08. The predicted octanol–water partition coefficient (Wildman–Crippen LogP) is 2.58. The van der Waals surface area contributed by atoms with Gasteiger partial charge in [0.05, 0.1) is 18.2 Å². The van der Waals surface area contributed by atoms with Crippen LogP contribution in [0.3, 0.4) is 0 Å². The van der Waals surface area contributed by atoms with Gasteiger partial charge in [-0.05, 0) is 24.6 Å². The van der Waals surface area contributed by atoms with E-state index >= 15 is 0 Å². The van der Waals surface area contributed by atoms with Crippen LogP contribution in [0.15, 0.2) is 48.5 Å². The highest BCUT2D eigenvalue weighted by molar-refractivity contribution is 5.90. The summed E-state index contributed by atoms with van der Waals surface area (Å²) in [5.74, 6) is 1.22. The van der Waals surface area contributed by atoms with Crippen molar-refractivity contribution >= 4 is 16.7 Å². The van der Waals surface area contributed by atoms with Crippen LogP contribution in [0.25, 0.3) is 10.9 Å². The second kappa shape index (κ2) is 6.07. The van der Waals surface area contributed by atoms with Crippen LogP contribution in [-0.4, -0.2) is 21.0 Å². The third-order valence-electron chi connectivity index (χ3n) is 3.44. The van der Waals surface area contributed by atoms with Gasteiger partial charge in [-0.15, -0.1) is 0 Å². The molecule has 3 aromatic rings. The smallest absolute Gasteiger partial charge is 0.153 e. The third kappa shape index (κ3) is 3.04. The molecule has 5 nitrogen and oxygen atoms in total. The first kappa shape index (κ1) is 14.4. The molecule has 0 bridgehead atoms. The fourth-order valence-electron chi connectivity index (χ4n) is 2.40. The standard InChI is InChI=1S/C17H19N3O2/c1-12(21)10-20-16-9-14(7-8-15(16)17(18)19-20)22-11-13-5-3-2-4-6-13/h2-9,12,21H,10-11H2,1H3,(H2,18,19)/t12-/m1/s1. The zero-order chi connectivity index (χ0) is 15.5. The quantitative estimate of drug-likeness (QED) is 0.759. The Hall–Kier alpha value is -2.53. The Bertz CT molecular complexity index is 766. The van der Waals surface area contributed by atoms with Gasteiger partial charge in [0.1, 0.15) is 12.4 Å². The summed E-state index contributed by atoms with van der Waals surface area (Å²) in [6, 6.07) is 15.7. The van der Waals surface area contributed by atoms with E-state index in [2.05, 4.69) is 5.10 Å². The number of hydrogen-bond donors (Lipinski definition) is 2. The van der Waals surface area contributed by atoms with E-state index in [1.807, 2.05) is 48.5 Å². The van der Waals surface area contributed by atoms with Crippen molar-refractivity contribution in [2.45, 2.75) is 26.2 Å². The molecule has 1 heterocycles. The van der Waals surface area contributed by atoms with Crippen molar-refractivity contribution in [2.75, 3.05) is 5.73 Å². The van der Waals surface area contributed by atoms with Crippen LogP contribution in [0.1, 0.15) is 12.5 Å². The minimum Gasteiger partial charge on any atom is -0.489 e. The maximum absolute atomic E-state index is 9.56. The van der Waals surface area contributed by atoms with E-state index in [0.29, 0.717) is 19.0 Å². The zero-order valence-electron chi connectivity index (χ0n) is 12.4. The number of aliphatic hydroxyl groups is 1. The molecule has 5 heteroatoms. The number of rotatable bonds is 5. The van der Waals surface area contributed by atoms with E-state index in [1.165, 1.54) is 0 Å². The Kier molecular flexibility index (Phi) is 3.98. The summed E-state index contributed by atoms with van der Waals surface area (Å²) in [5, 5.41) is 14.7. The van der Waals surface area contributed by atoms with Crippen LogP contribution in [0, 0.1) is 0 Å². The van der Waals surface area contributed by atoms with Gasteiger partial charge in [-0.1, -0.05) is 30.3 Å². The molecule has 3 rings (SSSR count). The molecule has 0 unspecified atom stereocenters.